The van der Waals surface area contributed by atoms with Gasteiger partial charge in [0.05, 0.1) is 5.56 Å². The molecule has 3 aromatic rings. The number of hydrogen-bond donors (Lipinski definition) is 2. The van der Waals surface area contributed by atoms with Gasteiger partial charge in [-0.2, -0.15) is 0 Å². The summed E-state index contributed by atoms with van der Waals surface area (Å²) in [6.45, 7) is 4.83. The van der Waals surface area contributed by atoms with Crippen LogP contribution in [-0.4, -0.2) is 52.1 Å². The molecular weight excluding hydrogens is 316 g/mol. The molecular formula is C19H20N4O2. The number of benzene rings is 1. The molecule has 0 aliphatic carbocycles. The van der Waals surface area contributed by atoms with Gasteiger partial charge in [0, 0.05) is 67.4 Å². The molecule has 6 heteroatoms. The van der Waals surface area contributed by atoms with Gasteiger partial charge in [0.1, 0.15) is 0 Å². The maximum atomic E-state index is 11.1. The molecule has 128 valence electrons. The fourth-order valence-corrected chi connectivity index (χ4v) is 3.37. The van der Waals surface area contributed by atoms with Crippen LogP contribution in [-0.2, 0) is 6.54 Å². The molecule has 0 amide bonds. The van der Waals surface area contributed by atoms with Crippen molar-refractivity contribution in [1.82, 2.24) is 14.9 Å². The van der Waals surface area contributed by atoms with Crippen molar-refractivity contribution in [3.8, 4) is 0 Å². The van der Waals surface area contributed by atoms with Gasteiger partial charge in [-0.05, 0) is 36.4 Å². The number of pyridine rings is 1. The highest BCUT2D eigenvalue weighted by Crippen LogP contribution is 2.20. The summed E-state index contributed by atoms with van der Waals surface area (Å²) in [5.41, 5.74) is 3.65. The van der Waals surface area contributed by atoms with E-state index in [1.54, 1.807) is 12.1 Å². The Kier molecular flexibility index (Phi) is 4.11. The smallest absolute Gasteiger partial charge is 0.335 e. The van der Waals surface area contributed by atoms with Crippen LogP contribution in [0, 0.1) is 0 Å². The number of fused-ring (bicyclic) bond motifs is 1. The van der Waals surface area contributed by atoms with Crippen LogP contribution in [0.1, 0.15) is 16.1 Å². The predicted octanol–water partition coefficient (Wildman–Crippen LogP) is 2.58. The van der Waals surface area contributed by atoms with Crippen molar-refractivity contribution in [3.05, 3.63) is 60.0 Å². The Morgan fingerprint density at radius 1 is 1.08 bits per heavy atom. The average molecular weight is 336 g/mol. The van der Waals surface area contributed by atoms with Crippen molar-refractivity contribution in [3.63, 3.8) is 0 Å². The summed E-state index contributed by atoms with van der Waals surface area (Å²) in [6.07, 6.45) is 3.66. The maximum Gasteiger partial charge on any atom is 0.335 e. The number of piperazine rings is 1. The molecule has 2 aromatic heterocycles. The largest absolute Gasteiger partial charge is 0.478 e. The number of nitrogens with zero attached hydrogens (tertiary/aromatic N) is 3. The van der Waals surface area contributed by atoms with Gasteiger partial charge in [-0.25, -0.2) is 4.79 Å². The van der Waals surface area contributed by atoms with E-state index in [4.69, 9.17) is 5.11 Å². The lowest BCUT2D eigenvalue weighted by atomic mass is 10.1. The lowest BCUT2D eigenvalue weighted by molar-refractivity contribution is 0.0697. The Bertz CT molecular complexity index is 883. The van der Waals surface area contributed by atoms with Gasteiger partial charge in [-0.3, -0.25) is 9.88 Å². The molecule has 0 radical (unpaired) electrons. The Labute approximate surface area is 145 Å². The SMILES string of the molecule is O=C(O)c1ccc2[nH]c(CN3CCN(c4ccncc4)CC3)cc2c1. The highest BCUT2D eigenvalue weighted by Gasteiger charge is 2.18. The highest BCUT2D eigenvalue weighted by atomic mass is 16.4. The van der Waals surface area contributed by atoms with Crippen molar-refractivity contribution in [2.75, 3.05) is 31.1 Å². The van der Waals surface area contributed by atoms with E-state index in [2.05, 4.69) is 25.8 Å². The van der Waals surface area contributed by atoms with E-state index in [9.17, 15) is 4.79 Å². The van der Waals surface area contributed by atoms with E-state index in [1.165, 1.54) is 5.69 Å². The number of aromatic nitrogens is 2. The maximum absolute atomic E-state index is 11.1. The first-order valence-corrected chi connectivity index (χ1v) is 8.41. The van der Waals surface area contributed by atoms with Gasteiger partial charge in [-0.15, -0.1) is 0 Å². The Morgan fingerprint density at radius 2 is 1.84 bits per heavy atom. The first-order valence-electron chi connectivity index (χ1n) is 8.41. The molecule has 0 spiro atoms. The van der Waals surface area contributed by atoms with E-state index in [1.807, 2.05) is 30.6 Å². The van der Waals surface area contributed by atoms with Crippen LogP contribution in [0.25, 0.3) is 10.9 Å². The second kappa shape index (κ2) is 6.57. The Morgan fingerprint density at radius 3 is 2.56 bits per heavy atom. The second-order valence-electron chi connectivity index (χ2n) is 6.37. The minimum atomic E-state index is -0.892. The molecule has 2 N–H and O–H groups in total. The predicted molar refractivity (Wildman–Crippen MR) is 97.0 cm³/mol. The van der Waals surface area contributed by atoms with Crippen LogP contribution in [0.3, 0.4) is 0 Å². The number of carboxylic acids is 1. The standard InChI is InChI=1S/C19H20N4O2/c24-19(25)14-1-2-18-15(11-14)12-16(21-18)13-22-7-9-23(10-8-22)17-3-5-20-6-4-17/h1-6,11-12,21H,7-10,13H2,(H,24,25). The fourth-order valence-electron chi connectivity index (χ4n) is 3.37. The van der Waals surface area contributed by atoms with Crippen LogP contribution < -0.4 is 4.90 Å². The number of nitrogens with one attached hydrogen (secondary N) is 1. The fraction of sp³-hybridized carbons (Fsp3) is 0.263. The van der Waals surface area contributed by atoms with Crippen molar-refractivity contribution < 1.29 is 9.90 Å². The number of aromatic carboxylic acids is 1. The van der Waals surface area contributed by atoms with Crippen LogP contribution in [0.15, 0.2) is 48.8 Å². The van der Waals surface area contributed by atoms with Crippen molar-refractivity contribution in [2.45, 2.75) is 6.54 Å². The summed E-state index contributed by atoms with van der Waals surface area (Å²) < 4.78 is 0. The molecule has 3 heterocycles. The van der Waals surface area contributed by atoms with Gasteiger partial charge in [0.25, 0.3) is 0 Å². The van der Waals surface area contributed by atoms with E-state index in [0.29, 0.717) is 5.56 Å². The summed E-state index contributed by atoms with van der Waals surface area (Å²) in [4.78, 5) is 23.3. The van der Waals surface area contributed by atoms with Crippen LogP contribution in [0.5, 0.6) is 0 Å². The summed E-state index contributed by atoms with van der Waals surface area (Å²) >= 11 is 0. The first-order chi connectivity index (χ1) is 12.2. The third-order valence-electron chi connectivity index (χ3n) is 4.72. The summed E-state index contributed by atoms with van der Waals surface area (Å²) in [5, 5.41) is 10.1. The zero-order chi connectivity index (χ0) is 17.2. The van der Waals surface area contributed by atoms with Gasteiger partial charge in [-0.1, -0.05) is 0 Å². The molecule has 1 aliphatic rings. The second-order valence-corrected chi connectivity index (χ2v) is 6.37. The summed E-state index contributed by atoms with van der Waals surface area (Å²) in [6, 6.07) is 11.3. The minimum Gasteiger partial charge on any atom is -0.478 e. The molecule has 4 rings (SSSR count). The lowest BCUT2D eigenvalue weighted by Gasteiger charge is -2.35. The monoisotopic (exact) mass is 336 g/mol. The van der Waals surface area contributed by atoms with Crippen molar-refractivity contribution in [2.24, 2.45) is 0 Å². The third-order valence-corrected chi connectivity index (χ3v) is 4.72. The summed E-state index contributed by atoms with van der Waals surface area (Å²) in [7, 11) is 0. The molecule has 0 saturated carbocycles. The molecule has 1 aliphatic heterocycles. The van der Waals surface area contributed by atoms with Crippen LogP contribution in [0.4, 0.5) is 5.69 Å². The number of anilines is 1. The molecule has 25 heavy (non-hydrogen) atoms. The normalized spacial score (nSPS) is 15.6. The van der Waals surface area contributed by atoms with Gasteiger partial charge >= 0.3 is 5.97 Å². The number of rotatable bonds is 4. The van der Waals surface area contributed by atoms with E-state index in [-0.39, 0.29) is 0 Å². The number of carbonyl (C=O) groups is 1. The Hall–Kier alpha value is -2.86. The summed E-state index contributed by atoms with van der Waals surface area (Å²) in [5.74, 6) is -0.892. The topological polar surface area (TPSA) is 72.5 Å². The number of aromatic amines is 1. The molecule has 0 bridgehead atoms. The highest BCUT2D eigenvalue weighted by molar-refractivity contribution is 5.93. The van der Waals surface area contributed by atoms with Crippen LogP contribution >= 0.6 is 0 Å². The van der Waals surface area contributed by atoms with E-state index >= 15 is 0 Å². The van der Waals surface area contributed by atoms with Gasteiger partial charge < -0.3 is 15.0 Å². The van der Waals surface area contributed by atoms with Crippen molar-refractivity contribution in [1.29, 1.82) is 0 Å². The Balaban J connectivity index is 1.41. The minimum absolute atomic E-state index is 0.323. The molecule has 1 saturated heterocycles. The molecule has 6 nitrogen and oxygen atoms in total. The quantitative estimate of drug-likeness (QED) is 0.766. The zero-order valence-corrected chi connectivity index (χ0v) is 13.9. The van der Waals surface area contributed by atoms with Gasteiger partial charge in [0.2, 0.25) is 0 Å². The van der Waals surface area contributed by atoms with Crippen LogP contribution in [0.2, 0.25) is 0 Å². The van der Waals surface area contributed by atoms with E-state index in [0.717, 1.165) is 49.3 Å². The lowest BCUT2D eigenvalue weighted by Crippen LogP contribution is -2.46. The number of hydrogen-bond acceptors (Lipinski definition) is 4. The first kappa shape index (κ1) is 15.7. The molecule has 0 unspecified atom stereocenters. The molecule has 1 aromatic carbocycles. The molecule has 0 atom stereocenters. The number of carboxylic acid groups (broad SMARTS) is 1. The number of H-pyrrole nitrogens is 1. The van der Waals surface area contributed by atoms with Crippen molar-refractivity contribution >= 4 is 22.6 Å². The van der Waals surface area contributed by atoms with E-state index < -0.39 is 5.97 Å². The third kappa shape index (κ3) is 3.34. The zero-order valence-electron chi connectivity index (χ0n) is 13.9. The van der Waals surface area contributed by atoms with Gasteiger partial charge in [0.15, 0.2) is 0 Å². The average Bonchev–Trinajstić information content (AvgIpc) is 3.04. The molecule has 1 fully saturated rings.